The number of para-hydroxylation sites is 1. The van der Waals surface area contributed by atoms with Gasteiger partial charge in [0.25, 0.3) is 0 Å². The summed E-state index contributed by atoms with van der Waals surface area (Å²) in [4.78, 5) is 9.51. The van der Waals surface area contributed by atoms with Gasteiger partial charge in [-0.3, -0.25) is 4.99 Å². The van der Waals surface area contributed by atoms with Crippen LogP contribution >= 0.6 is 0 Å². The lowest BCUT2D eigenvalue weighted by molar-refractivity contribution is 0.206. The van der Waals surface area contributed by atoms with E-state index in [9.17, 15) is 0 Å². The zero-order valence-electron chi connectivity index (χ0n) is 16.5. The maximum atomic E-state index is 4.44. The van der Waals surface area contributed by atoms with E-state index in [1.54, 1.807) is 0 Å². The molecule has 1 aromatic carbocycles. The van der Waals surface area contributed by atoms with Gasteiger partial charge in [0, 0.05) is 51.5 Å². The van der Waals surface area contributed by atoms with Gasteiger partial charge >= 0.3 is 0 Å². The van der Waals surface area contributed by atoms with Crippen LogP contribution in [0.3, 0.4) is 0 Å². The van der Waals surface area contributed by atoms with Gasteiger partial charge in [-0.25, -0.2) is 0 Å². The molecule has 1 aromatic rings. The third-order valence-corrected chi connectivity index (χ3v) is 5.66. The van der Waals surface area contributed by atoms with Crippen LogP contribution in [0.5, 0.6) is 0 Å². The Hall–Kier alpha value is -1.75. The van der Waals surface area contributed by atoms with E-state index in [1.807, 2.05) is 7.05 Å². The number of aliphatic imine (C=N–C) groups is 1. The standard InChI is InChI=1S/C21H35N5/c1-3-12-25-13-10-19(11-14-25)24-21(22-2)23-16-18-9-15-26(17-18)20-7-5-4-6-8-20/h4-8,18-19H,3,9-17H2,1-2H3,(H2,22,23,24). The third-order valence-electron chi connectivity index (χ3n) is 5.66. The first-order chi connectivity index (χ1) is 12.8. The number of likely N-dealkylation sites (tertiary alicyclic amines) is 1. The predicted molar refractivity (Wildman–Crippen MR) is 111 cm³/mol. The van der Waals surface area contributed by atoms with Crippen molar-refractivity contribution in [2.45, 2.75) is 38.6 Å². The number of hydrogen-bond donors (Lipinski definition) is 2. The van der Waals surface area contributed by atoms with Crippen LogP contribution in [0.25, 0.3) is 0 Å². The fourth-order valence-corrected chi connectivity index (χ4v) is 4.12. The summed E-state index contributed by atoms with van der Waals surface area (Å²) in [6, 6.07) is 11.3. The summed E-state index contributed by atoms with van der Waals surface area (Å²) in [5.74, 6) is 1.65. The Morgan fingerprint density at radius 3 is 2.58 bits per heavy atom. The predicted octanol–water partition coefficient (Wildman–Crippen LogP) is 2.55. The average Bonchev–Trinajstić information content (AvgIpc) is 3.16. The number of guanidine groups is 1. The van der Waals surface area contributed by atoms with Crippen molar-refractivity contribution in [2.24, 2.45) is 10.9 Å². The molecule has 1 atom stereocenters. The SMILES string of the molecule is CCCN1CCC(NC(=NC)NCC2CCN(c3ccccc3)C2)CC1. The Balaban J connectivity index is 1.38. The van der Waals surface area contributed by atoms with Gasteiger partial charge in [0.05, 0.1) is 0 Å². The number of benzene rings is 1. The minimum absolute atomic E-state index is 0.554. The highest BCUT2D eigenvalue weighted by Crippen LogP contribution is 2.22. The Morgan fingerprint density at radius 2 is 1.88 bits per heavy atom. The van der Waals surface area contributed by atoms with Gasteiger partial charge in [-0.1, -0.05) is 25.1 Å². The van der Waals surface area contributed by atoms with Crippen LogP contribution in [-0.4, -0.2) is 63.2 Å². The first-order valence-electron chi connectivity index (χ1n) is 10.3. The lowest BCUT2D eigenvalue weighted by atomic mass is 10.1. The van der Waals surface area contributed by atoms with E-state index in [2.05, 4.69) is 62.7 Å². The topological polar surface area (TPSA) is 42.9 Å². The molecule has 3 rings (SSSR count). The fourth-order valence-electron chi connectivity index (χ4n) is 4.12. The third kappa shape index (κ3) is 5.37. The molecule has 0 aliphatic carbocycles. The van der Waals surface area contributed by atoms with Crippen molar-refractivity contribution >= 4 is 11.6 Å². The Labute approximate surface area is 158 Å². The molecule has 0 aromatic heterocycles. The van der Waals surface area contributed by atoms with E-state index in [1.165, 1.54) is 51.0 Å². The van der Waals surface area contributed by atoms with Crippen LogP contribution in [0.2, 0.25) is 0 Å². The van der Waals surface area contributed by atoms with Crippen molar-refractivity contribution in [3.8, 4) is 0 Å². The molecule has 0 spiro atoms. The summed E-state index contributed by atoms with van der Waals surface area (Å²) < 4.78 is 0. The molecule has 26 heavy (non-hydrogen) atoms. The van der Waals surface area contributed by atoms with Crippen LogP contribution in [0.1, 0.15) is 32.6 Å². The fraction of sp³-hybridized carbons (Fsp3) is 0.667. The number of nitrogens with zero attached hydrogens (tertiary/aromatic N) is 3. The molecular weight excluding hydrogens is 322 g/mol. The van der Waals surface area contributed by atoms with Gasteiger partial charge in [0.2, 0.25) is 0 Å². The highest BCUT2D eigenvalue weighted by molar-refractivity contribution is 5.80. The maximum absolute atomic E-state index is 4.44. The second kappa shape index (κ2) is 9.81. The molecule has 0 bridgehead atoms. The summed E-state index contributed by atoms with van der Waals surface area (Å²) in [5.41, 5.74) is 1.34. The van der Waals surface area contributed by atoms with Gasteiger partial charge in [0.1, 0.15) is 0 Å². The van der Waals surface area contributed by atoms with Gasteiger partial charge < -0.3 is 20.4 Å². The van der Waals surface area contributed by atoms with Gasteiger partial charge in [-0.05, 0) is 50.3 Å². The zero-order chi connectivity index (χ0) is 18.2. The number of piperidine rings is 1. The van der Waals surface area contributed by atoms with Crippen molar-refractivity contribution < 1.29 is 0 Å². The molecular formula is C21H35N5. The minimum atomic E-state index is 0.554. The van der Waals surface area contributed by atoms with E-state index in [4.69, 9.17) is 0 Å². The molecule has 5 heteroatoms. The van der Waals surface area contributed by atoms with Crippen LogP contribution in [0.4, 0.5) is 5.69 Å². The lowest BCUT2D eigenvalue weighted by Crippen LogP contribution is -2.49. The molecule has 2 saturated heterocycles. The van der Waals surface area contributed by atoms with Gasteiger partial charge in [-0.2, -0.15) is 0 Å². The normalized spacial score (nSPS) is 22.6. The highest BCUT2D eigenvalue weighted by Gasteiger charge is 2.23. The van der Waals surface area contributed by atoms with Gasteiger partial charge in [0.15, 0.2) is 5.96 Å². The number of anilines is 1. The van der Waals surface area contributed by atoms with Crippen molar-refractivity contribution in [3.05, 3.63) is 30.3 Å². The first kappa shape index (κ1) is 19.0. The average molecular weight is 358 g/mol. The smallest absolute Gasteiger partial charge is 0.191 e. The molecule has 2 fully saturated rings. The Morgan fingerprint density at radius 1 is 1.12 bits per heavy atom. The molecule has 0 saturated carbocycles. The summed E-state index contributed by atoms with van der Waals surface area (Å²) in [6.45, 7) is 9.19. The van der Waals surface area contributed by atoms with E-state index < -0.39 is 0 Å². The van der Waals surface area contributed by atoms with Gasteiger partial charge in [-0.15, -0.1) is 0 Å². The van der Waals surface area contributed by atoms with E-state index in [0.717, 1.165) is 25.6 Å². The Kier molecular flexibility index (Phi) is 7.18. The molecule has 0 radical (unpaired) electrons. The summed E-state index contributed by atoms with van der Waals surface area (Å²) in [7, 11) is 1.88. The quantitative estimate of drug-likeness (QED) is 0.607. The molecule has 0 amide bonds. The van der Waals surface area contributed by atoms with E-state index in [-0.39, 0.29) is 0 Å². The molecule has 2 aliphatic rings. The monoisotopic (exact) mass is 357 g/mol. The first-order valence-corrected chi connectivity index (χ1v) is 10.3. The van der Waals surface area contributed by atoms with Crippen LogP contribution in [0, 0.1) is 5.92 Å². The van der Waals surface area contributed by atoms with Crippen LogP contribution < -0.4 is 15.5 Å². The largest absolute Gasteiger partial charge is 0.371 e. The van der Waals surface area contributed by atoms with Crippen molar-refractivity contribution in [3.63, 3.8) is 0 Å². The maximum Gasteiger partial charge on any atom is 0.191 e. The van der Waals surface area contributed by atoms with Crippen LogP contribution in [-0.2, 0) is 0 Å². The van der Waals surface area contributed by atoms with Crippen LogP contribution in [0.15, 0.2) is 35.3 Å². The summed E-state index contributed by atoms with van der Waals surface area (Å²) in [6.07, 6.45) is 4.93. The summed E-state index contributed by atoms with van der Waals surface area (Å²) in [5, 5.41) is 7.20. The van der Waals surface area contributed by atoms with Crippen molar-refractivity contribution in [1.82, 2.24) is 15.5 Å². The second-order valence-electron chi connectivity index (χ2n) is 7.65. The lowest BCUT2D eigenvalue weighted by Gasteiger charge is -2.33. The van der Waals surface area contributed by atoms with E-state index in [0.29, 0.717) is 12.0 Å². The second-order valence-corrected chi connectivity index (χ2v) is 7.65. The number of hydrogen-bond acceptors (Lipinski definition) is 3. The van der Waals surface area contributed by atoms with Crippen molar-refractivity contribution in [2.75, 3.05) is 51.2 Å². The van der Waals surface area contributed by atoms with Crippen molar-refractivity contribution in [1.29, 1.82) is 0 Å². The molecule has 144 valence electrons. The van der Waals surface area contributed by atoms with E-state index >= 15 is 0 Å². The Bertz CT molecular complexity index is 551. The number of nitrogens with one attached hydrogen (secondary N) is 2. The number of rotatable bonds is 6. The molecule has 2 heterocycles. The zero-order valence-corrected chi connectivity index (χ0v) is 16.5. The molecule has 2 N–H and O–H groups in total. The molecule has 2 aliphatic heterocycles. The summed E-state index contributed by atoms with van der Waals surface area (Å²) >= 11 is 0. The molecule has 5 nitrogen and oxygen atoms in total. The highest BCUT2D eigenvalue weighted by atomic mass is 15.2. The molecule has 1 unspecified atom stereocenters. The minimum Gasteiger partial charge on any atom is -0.371 e.